The van der Waals surface area contributed by atoms with Gasteiger partial charge in [0.2, 0.25) is 0 Å². The van der Waals surface area contributed by atoms with Gasteiger partial charge in [-0.2, -0.15) is 132 Å². The smallest absolute Gasteiger partial charge is 0.359 e. The fourth-order valence-electron chi connectivity index (χ4n) is 4.29. The van der Waals surface area contributed by atoms with E-state index in [4.69, 9.17) is 0 Å². The van der Waals surface area contributed by atoms with Crippen LogP contribution in [0, 0.1) is 0 Å². The highest BCUT2D eigenvalue weighted by atomic mass is 28.4. The van der Waals surface area contributed by atoms with Crippen LogP contribution in [-0.4, -0.2) is 99.9 Å². The van der Waals surface area contributed by atoms with Gasteiger partial charge in [-0.05, 0) is 12.1 Å². The van der Waals surface area contributed by atoms with E-state index in [1.165, 1.54) is 0 Å². The molecule has 0 unspecified atom stereocenters. The number of halogens is 30. The molecule has 332 valence electrons. The van der Waals surface area contributed by atoms with Crippen LogP contribution >= 0.6 is 0 Å². The van der Waals surface area contributed by atoms with Crippen molar-refractivity contribution in [3.8, 4) is 0 Å². The summed E-state index contributed by atoms with van der Waals surface area (Å²) in [6, 6.07) is -3.61. The molecule has 0 heterocycles. The second-order valence-electron chi connectivity index (χ2n) is 13.0. The Balaban J connectivity index is 6.36. The van der Waals surface area contributed by atoms with Crippen LogP contribution in [-0.2, 0) is 0 Å². The molecule has 0 aliphatic carbocycles. The molecule has 0 rings (SSSR count). The SMILES string of the molecule is C[Si](C)(CCC(F)(F)C(F)(F)C(F)(F)C(F)(F)C(F)(F)C(F)(F)C(F)(F)F)N[Si](C)(C)CCC(F)(F)C(F)(F)C(F)(F)C(F)(F)C(F)(F)C(F)(F)C(F)(F)F. The molecule has 55 heavy (non-hydrogen) atoms. The zero-order valence-electron chi connectivity index (χ0n) is 26.7. The van der Waals surface area contributed by atoms with Crippen molar-refractivity contribution < 1.29 is 132 Å². The van der Waals surface area contributed by atoms with Crippen molar-refractivity contribution in [1.29, 1.82) is 0 Å². The largest absolute Gasteiger partial charge is 0.460 e. The van der Waals surface area contributed by atoms with Gasteiger partial charge < -0.3 is 4.65 Å². The Hall–Kier alpha value is -1.71. The van der Waals surface area contributed by atoms with Gasteiger partial charge in [-0.1, -0.05) is 26.2 Å². The van der Waals surface area contributed by atoms with E-state index in [2.05, 4.69) is 0 Å². The van der Waals surface area contributed by atoms with Crippen LogP contribution in [0.15, 0.2) is 0 Å². The molecule has 1 N–H and O–H groups in total. The Kier molecular flexibility index (Phi) is 13.5. The molecule has 0 fully saturated rings. The highest BCUT2D eigenvalue weighted by Gasteiger charge is 2.94. The summed E-state index contributed by atoms with van der Waals surface area (Å²) in [7, 11) is -8.67. The fourth-order valence-corrected chi connectivity index (χ4v) is 14.5. The highest BCUT2D eigenvalue weighted by molar-refractivity contribution is 6.91. The third-order valence-corrected chi connectivity index (χ3v) is 16.0. The highest BCUT2D eigenvalue weighted by Crippen LogP contribution is 2.64. The fraction of sp³-hybridized carbons (Fsp3) is 1.00. The molecule has 0 aromatic rings. The molecule has 1 nitrogen and oxygen atoms in total. The minimum Gasteiger partial charge on any atom is -0.359 e. The van der Waals surface area contributed by atoms with Gasteiger partial charge in [0.15, 0.2) is 0 Å². The Morgan fingerprint density at radius 1 is 0.273 bits per heavy atom. The van der Waals surface area contributed by atoms with Gasteiger partial charge in [0, 0.05) is 12.8 Å². The van der Waals surface area contributed by atoms with Gasteiger partial charge in [0.25, 0.3) is 0 Å². The standard InChI is InChI=1S/C22H21F30NSi2/c1-54(2,7-5-9(23,24)11(27,28)13(31,32)15(35,36)17(39,40)19(43,44)21(47,48)49)53-55(3,4)8-6-10(25,26)12(29,30)14(33,34)16(37,38)18(41,42)20(45,46)22(50,51)52/h53H,5-8H2,1-4H3. The summed E-state index contributed by atoms with van der Waals surface area (Å²) in [4.78, 5) is 0. The number of nitrogens with one attached hydrogen (secondary N) is 1. The molecule has 0 aliphatic heterocycles. The third-order valence-electron chi connectivity index (χ3n) is 7.59. The Labute approximate surface area is 288 Å². The molecule has 0 aromatic carbocycles. The van der Waals surface area contributed by atoms with Gasteiger partial charge in [-0.15, -0.1) is 0 Å². The van der Waals surface area contributed by atoms with E-state index in [0.29, 0.717) is 26.2 Å². The lowest BCUT2D eigenvalue weighted by molar-refractivity contribution is -0.452. The lowest BCUT2D eigenvalue weighted by atomic mass is 9.90. The van der Waals surface area contributed by atoms with E-state index in [1.54, 1.807) is 0 Å². The number of hydrogen-bond donors (Lipinski definition) is 1. The minimum absolute atomic E-state index is 0.575. The van der Waals surface area contributed by atoms with Crippen molar-refractivity contribution in [2.75, 3.05) is 0 Å². The maximum Gasteiger partial charge on any atom is 0.460 e. The summed E-state index contributed by atoms with van der Waals surface area (Å²) >= 11 is 0. The van der Waals surface area contributed by atoms with E-state index in [9.17, 15) is 132 Å². The van der Waals surface area contributed by atoms with Gasteiger partial charge in [-0.25, -0.2) is 0 Å². The first-order chi connectivity index (χ1) is 23.1. The lowest BCUT2D eigenvalue weighted by Gasteiger charge is -2.42. The zero-order valence-corrected chi connectivity index (χ0v) is 28.7. The van der Waals surface area contributed by atoms with E-state index in [1.807, 2.05) is 4.65 Å². The molecule has 0 radical (unpaired) electrons. The van der Waals surface area contributed by atoms with Crippen LogP contribution in [0.4, 0.5) is 132 Å². The average Bonchev–Trinajstić information content (AvgIpc) is 2.92. The third kappa shape index (κ3) is 8.29. The second-order valence-corrected chi connectivity index (χ2v) is 22.6. The van der Waals surface area contributed by atoms with Crippen molar-refractivity contribution in [3.05, 3.63) is 0 Å². The monoisotopic (exact) mass is 925 g/mol. The van der Waals surface area contributed by atoms with Gasteiger partial charge >= 0.3 is 83.4 Å². The van der Waals surface area contributed by atoms with Crippen LogP contribution in [0.25, 0.3) is 0 Å². The summed E-state index contributed by atoms with van der Waals surface area (Å²) in [6.45, 7) is 2.30. The normalized spacial score (nSPS) is 16.9. The second kappa shape index (κ2) is 14.0. The summed E-state index contributed by atoms with van der Waals surface area (Å²) in [5, 5.41) is 0. The van der Waals surface area contributed by atoms with Crippen molar-refractivity contribution >= 4 is 16.5 Å². The van der Waals surface area contributed by atoms with Crippen molar-refractivity contribution in [1.82, 2.24) is 4.65 Å². The molecule has 0 spiro atoms. The first-order valence-corrected chi connectivity index (χ1v) is 20.0. The predicted molar refractivity (Wildman–Crippen MR) is 128 cm³/mol. The van der Waals surface area contributed by atoms with Crippen LogP contribution in [0.5, 0.6) is 0 Å². The van der Waals surface area contributed by atoms with E-state index in [-0.39, 0.29) is 0 Å². The average molecular weight is 926 g/mol. The quantitative estimate of drug-likeness (QED) is 0.107. The van der Waals surface area contributed by atoms with Crippen molar-refractivity contribution in [3.63, 3.8) is 0 Å². The maximum absolute atomic E-state index is 14.3. The molecule has 0 amide bonds. The molecular weight excluding hydrogens is 904 g/mol. The van der Waals surface area contributed by atoms with Gasteiger partial charge in [0.05, 0.1) is 0 Å². The van der Waals surface area contributed by atoms with Gasteiger partial charge in [0.1, 0.15) is 16.5 Å². The predicted octanol–water partition coefficient (Wildman–Crippen LogP) is 12.5. The molecular formula is C22H21F30NSi2. The van der Waals surface area contributed by atoms with Crippen LogP contribution in [0.2, 0.25) is 38.3 Å². The van der Waals surface area contributed by atoms with Crippen molar-refractivity contribution in [2.45, 2.75) is 135 Å². The summed E-state index contributed by atoms with van der Waals surface area (Å²) < 4.78 is 404. The maximum atomic E-state index is 14.3. The first-order valence-electron chi connectivity index (χ1n) is 13.6. The van der Waals surface area contributed by atoms with Crippen LogP contribution in [0.1, 0.15) is 12.8 Å². The summed E-state index contributed by atoms with van der Waals surface area (Å²) in [5.74, 6) is -97.3. The van der Waals surface area contributed by atoms with Crippen LogP contribution in [0.3, 0.4) is 0 Å². The molecule has 33 heteroatoms. The molecule has 0 bridgehead atoms. The molecule has 0 atom stereocenters. The summed E-state index contributed by atoms with van der Waals surface area (Å²) in [6.07, 6.45) is -21.6. The molecule has 0 aliphatic rings. The zero-order chi connectivity index (χ0) is 45.5. The first kappa shape index (κ1) is 53.3. The Bertz CT molecular complexity index is 1240. The van der Waals surface area contributed by atoms with Gasteiger partial charge in [-0.3, -0.25) is 0 Å². The number of alkyl halides is 30. The van der Waals surface area contributed by atoms with E-state index in [0.717, 1.165) is 0 Å². The van der Waals surface area contributed by atoms with E-state index < -0.39 is 125 Å². The van der Waals surface area contributed by atoms with Crippen molar-refractivity contribution in [2.24, 2.45) is 0 Å². The Morgan fingerprint density at radius 3 is 0.618 bits per heavy atom. The number of hydrogen-bond acceptors (Lipinski definition) is 1. The minimum atomic E-state index is -8.63. The summed E-state index contributed by atoms with van der Waals surface area (Å²) in [5.41, 5.74) is 0. The molecule has 0 saturated carbocycles. The lowest BCUT2D eigenvalue weighted by Crippen LogP contribution is -2.72. The Morgan fingerprint density at radius 2 is 0.436 bits per heavy atom. The molecule has 0 aromatic heterocycles. The molecule has 0 saturated heterocycles. The number of rotatable bonds is 18. The topological polar surface area (TPSA) is 12.0 Å². The van der Waals surface area contributed by atoms with Crippen LogP contribution < -0.4 is 4.65 Å². The van der Waals surface area contributed by atoms with E-state index >= 15 is 0 Å².